The van der Waals surface area contributed by atoms with Gasteiger partial charge in [0.05, 0.1) is 12.8 Å². The molecule has 3 heteroatoms. The Morgan fingerprint density at radius 3 is 2.70 bits per heavy atom. The van der Waals surface area contributed by atoms with Gasteiger partial charge >= 0.3 is 0 Å². The average Bonchev–Trinajstić information content (AvgIpc) is 2.45. The Morgan fingerprint density at radius 1 is 1.20 bits per heavy atom. The maximum atomic E-state index is 12.5. The van der Waals surface area contributed by atoms with Crippen molar-refractivity contribution in [2.45, 2.75) is 27.2 Å². The standard InChI is InChI=1S/C17H19NO2/c1-4-7-20-15-9-14(10-18-11-15)17(19)16-6-5-12(2)8-13(16)3/h5-6,8-11H,4,7H2,1-3H3. The van der Waals surface area contributed by atoms with Crippen molar-refractivity contribution in [3.05, 3.63) is 58.9 Å². The van der Waals surface area contributed by atoms with Crippen LogP contribution in [-0.4, -0.2) is 17.4 Å². The molecular formula is C17H19NO2. The van der Waals surface area contributed by atoms with E-state index in [1.807, 2.05) is 39.0 Å². The number of rotatable bonds is 5. The van der Waals surface area contributed by atoms with Gasteiger partial charge < -0.3 is 4.74 Å². The Labute approximate surface area is 119 Å². The van der Waals surface area contributed by atoms with Gasteiger partial charge in [0.15, 0.2) is 5.78 Å². The van der Waals surface area contributed by atoms with Crippen LogP contribution in [-0.2, 0) is 0 Å². The van der Waals surface area contributed by atoms with Gasteiger partial charge in [-0.25, -0.2) is 0 Å². The van der Waals surface area contributed by atoms with Gasteiger partial charge in [-0.15, -0.1) is 0 Å². The molecule has 0 N–H and O–H groups in total. The third kappa shape index (κ3) is 3.23. The topological polar surface area (TPSA) is 39.2 Å². The lowest BCUT2D eigenvalue weighted by atomic mass is 9.98. The van der Waals surface area contributed by atoms with Crippen molar-refractivity contribution in [1.82, 2.24) is 4.98 Å². The molecule has 0 spiro atoms. The Morgan fingerprint density at radius 2 is 2.00 bits per heavy atom. The van der Waals surface area contributed by atoms with Crippen molar-refractivity contribution in [2.75, 3.05) is 6.61 Å². The fourth-order valence-corrected chi connectivity index (χ4v) is 2.07. The van der Waals surface area contributed by atoms with Crippen molar-refractivity contribution >= 4 is 5.78 Å². The molecule has 104 valence electrons. The molecule has 1 aromatic heterocycles. The van der Waals surface area contributed by atoms with Gasteiger partial charge in [-0.2, -0.15) is 0 Å². The molecule has 0 aliphatic rings. The minimum absolute atomic E-state index is 0.0167. The number of ketones is 1. The highest BCUT2D eigenvalue weighted by Crippen LogP contribution is 2.18. The van der Waals surface area contributed by atoms with Crippen molar-refractivity contribution in [2.24, 2.45) is 0 Å². The summed E-state index contributed by atoms with van der Waals surface area (Å²) in [6.07, 6.45) is 4.14. The number of carbonyl (C=O) groups is 1. The first-order valence-electron chi connectivity index (χ1n) is 6.81. The van der Waals surface area contributed by atoms with Crippen LogP contribution >= 0.6 is 0 Å². The number of carbonyl (C=O) groups excluding carboxylic acids is 1. The zero-order valence-corrected chi connectivity index (χ0v) is 12.1. The average molecular weight is 269 g/mol. The van der Waals surface area contributed by atoms with Crippen molar-refractivity contribution in [1.29, 1.82) is 0 Å². The molecule has 0 amide bonds. The van der Waals surface area contributed by atoms with Gasteiger partial charge in [0, 0.05) is 17.3 Å². The molecule has 0 aliphatic heterocycles. The molecular weight excluding hydrogens is 250 g/mol. The van der Waals surface area contributed by atoms with E-state index in [2.05, 4.69) is 4.98 Å². The summed E-state index contributed by atoms with van der Waals surface area (Å²) in [6, 6.07) is 7.58. The SMILES string of the molecule is CCCOc1cncc(C(=O)c2ccc(C)cc2C)c1. The van der Waals surface area contributed by atoms with Crippen LogP contribution in [0.3, 0.4) is 0 Å². The van der Waals surface area contributed by atoms with Crippen molar-refractivity contribution in [3.8, 4) is 5.75 Å². The smallest absolute Gasteiger partial charge is 0.194 e. The molecule has 1 aromatic carbocycles. The predicted octanol–water partition coefficient (Wildman–Crippen LogP) is 3.72. The Bertz CT molecular complexity index is 620. The Kier molecular flexibility index (Phi) is 4.51. The van der Waals surface area contributed by atoms with Gasteiger partial charge in [0.25, 0.3) is 0 Å². The second-order valence-electron chi connectivity index (χ2n) is 4.91. The third-order valence-electron chi connectivity index (χ3n) is 3.07. The number of pyridine rings is 1. The predicted molar refractivity (Wildman–Crippen MR) is 79.4 cm³/mol. The van der Waals surface area contributed by atoms with E-state index in [0.717, 1.165) is 17.5 Å². The lowest BCUT2D eigenvalue weighted by Gasteiger charge is -2.08. The van der Waals surface area contributed by atoms with Crippen LogP contribution in [0.5, 0.6) is 5.75 Å². The number of benzene rings is 1. The highest BCUT2D eigenvalue weighted by molar-refractivity contribution is 6.09. The molecule has 0 bridgehead atoms. The number of nitrogens with zero attached hydrogens (tertiary/aromatic N) is 1. The molecule has 3 nitrogen and oxygen atoms in total. The summed E-state index contributed by atoms with van der Waals surface area (Å²) in [5, 5.41) is 0. The van der Waals surface area contributed by atoms with Crippen LogP contribution in [0.2, 0.25) is 0 Å². The monoisotopic (exact) mass is 269 g/mol. The Balaban J connectivity index is 2.28. The summed E-state index contributed by atoms with van der Waals surface area (Å²) in [7, 11) is 0. The molecule has 0 aliphatic carbocycles. The van der Waals surface area contributed by atoms with Crippen LogP contribution in [0.4, 0.5) is 0 Å². The lowest BCUT2D eigenvalue weighted by molar-refractivity contribution is 0.103. The second-order valence-corrected chi connectivity index (χ2v) is 4.91. The van der Waals surface area contributed by atoms with Crippen LogP contribution < -0.4 is 4.74 Å². The molecule has 1 heterocycles. The molecule has 0 atom stereocenters. The van der Waals surface area contributed by atoms with Gasteiger partial charge in [-0.1, -0.05) is 30.7 Å². The van der Waals surface area contributed by atoms with Crippen LogP contribution in [0.15, 0.2) is 36.7 Å². The number of aryl methyl sites for hydroxylation is 2. The molecule has 2 rings (SSSR count). The van der Waals surface area contributed by atoms with Gasteiger partial charge in [-0.3, -0.25) is 9.78 Å². The minimum atomic E-state index is -0.0167. The number of hydrogen-bond acceptors (Lipinski definition) is 3. The largest absolute Gasteiger partial charge is 0.492 e. The molecule has 2 aromatic rings. The molecule has 0 fully saturated rings. The summed E-state index contributed by atoms with van der Waals surface area (Å²) in [5.41, 5.74) is 3.41. The summed E-state index contributed by atoms with van der Waals surface area (Å²) >= 11 is 0. The maximum Gasteiger partial charge on any atom is 0.194 e. The van der Waals surface area contributed by atoms with E-state index < -0.39 is 0 Å². The fourth-order valence-electron chi connectivity index (χ4n) is 2.07. The van der Waals surface area contributed by atoms with E-state index in [1.165, 1.54) is 0 Å². The van der Waals surface area contributed by atoms with E-state index in [0.29, 0.717) is 23.5 Å². The van der Waals surface area contributed by atoms with Crippen LogP contribution in [0.25, 0.3) is 0 Å². The zero-order chi connectivity index (χ0) is 14.5. The Hall–Kier alpha value is -2.16. The van der Waals surface area contributed by atoms with Crippen molar-refractivity contribution in [3.63, 3.8) is 0 Å². The highest BCUT2D eigenvalue weighted by Gasteiger charge is 2.13. The first kappa shape index (κ1) is 14.3. The third-order valence-corrected chi connectivity index (χ3v) is 3.07. The van der Waals surface area contributed by atoms with E-state index in [4.69, 9.17) is 4.74 Å². The van der Waals surface area contributed by atoms with Crippen molar-refractivity contribution < 1.29 is 9.53 Å². The normalized spacial score (nSPS) is 10.3. The van der Waals surface area contributed by atoms with Gasteiger partial charge in [0.1, 0.15) is 5.75 Å². The first-order valence-corrected chi connectivity index (χ1v) is 6.81. The van der Waals surface area contributed by atoms with E-state index in [-0.39, 0.29) is 5.78 Å². The summed E-state index contributed by atoms with van der Waals surface area (Å²) in [6.45, 7) is 6.63. The number of hydrogen-bond donors (Lipinski definition) is 0. The second kappa shape index (κ2) is 6.33. The molecule has 0 saturated heterocycles. The summed E-state index contributed by atoms with van der Waals surface area (Å²) < 4.78 is 5.52. The number of ether oxygens (including phenoxy) is 1. The van der Waals surface area contributed by atoms with E-state index in [9.17, 15) is 4.79 Å². The van der Waals surface area contributed by atoms with Gasteiger partial charge in [-0.05, 0) is 31.9 Å². The van der Waals surface area contributed by atoms with Gasteiger partial charge in [0.2, 0.25) is 0 Å². The molecule has 0 unspecified atom stereocenters. The minimum Gasteiger partial charge on any atom is -0.492 e. The quantitative estimate of drug-likeness (QED) is 0.777. The maximum absolute atomic E-state index is 12.5. The summed E-state index contributed by atoms with van der Waals surface area (Å²) in [5.74, 6) is 0.624. The fraction of sp³-hybridized carbons (Fsp3) is 0.294. The van der Waals surface area contributed by atoms with Crippen LogP contribution in [0.1, 0.15) is 40.4 Å². The van der Waals surface area contributed by atoms with E-state index >= 15 is 0 Å². The van der Waals surface area contributed by atoms with E-state index in [1.54, 1.807) is 18.5 Å². The van der Waals surface area contributed by atoms with Crippen LogP contribution in [0, 0.1) is 13.8 Å². The number of aromatic nitrogens is 1. The summed E-state index contributed by atoms with van der Waals surface area (Å²) in [4.78, 5) is 16.6. The molecule has 20 heavy (non-hydrogen) atoms. The zero-order valence-electron chi connectivity index (χ0n) is 12.1. The molecule has 0 saturated carbocycles. The lowest BCUT2D eigenvalue weighted by Crippen LogP contribution is -2.05. The molecule has 0 radical (unpaired) electrons. The highest BCUT2D eigenvalue weighted by atomic mass is 16.5. The first-order chi connectivity index (χ1) is 9.61.